The summed E-state index contributed by atoms with van der Waals surface area (Å²) in [6.45, 7) is 9.71. The van der Waals surface area contributed by atoms with E-state index >= 15 is 0 Å². The summed E-state index contributed by atoms with van der Waals surface area (Å²) in [7, 11) is 1.80. The van der Waals surface area contributed by atoms with Gasteiger partial charge in [-0.2, -0.15) is 0 Å². The lowest BCUT2D eigenvalue weighted by atomic mass is 9.80. The van der Waals surface area contributed by atoms with Crippen LogP contribution in [0.5, 0.6) is 0 Å². The van der Waals surface area contributed by atoms with E-state index < -0.39 is 0 Å². The summed E-state index contributed by atoms with van der Waals surface area (Å²) >= 11 is 0. The molecular formula is C18H29NO. The van der Waals surface area contributed by atoms with Crippen LogP contribution in [-0.4, -0.2) is 37.2 Å². The van der Waals surface area contributed by atoms with Crippen LogP contribution in [0.15, 0.2) is 36.5 Å². The van der Waals surface area contributed by atoms with Gasteiger partial charge < -0.3 is 9.64 Å². The van der Waals surface area contributed by atoms with E-state index in [0.29, 0.717) is 5.92 Å². The third-order valence-electron chi connectivity index (χ3n) is 4.85. The molecule has 2 aliphatic rings. The van der Waals surface area contributed by atoms with Crippen molar-refractivity contribution in [1.29, 1.82) is 0 Å². The molecule has 0 aromatic carbocycles. The highest BCUT2D eigenvalue weighted by Crippen LogP contribution is 2.33. The average Bonchev–Trinajstić information content (AvgIpc) is 2.54. The van der Waals surface area contributed by atoms with Crippen LogP contribution in [0, 0.1) is 5.92 Å². The topological polar surface area (TPSA) is 12.5 Å². The maximum Gasteiger partial charge on any atom is 0.0908 e. The van der Waals surface area contributed by atoms with Gasteiger partial charge in [0.15, 0.2) is 0 Å². The molecule has 0 saturated carbocycles. The lowest BCUT2D eigenvalue weighted by Gasteiger charge is -2.39. The second kappa shape index (κ2) is 7.24. The summed E-state index contributed by atoms with van der Waals surface area (Å²) in [5.74, 6) is 0.375. The Morgan fingerprint density at radius 2 is 2.10 bits per heavy atom. The summed E-state index contributed by atoms with van der Waals surface area (Å²) in [5, 5.41) is 0. The molecular weight excluding hydrogens is 246 g/mol. The molecule has 2 nitrogen and oxygen atoms in total. The monoisotopic (exact) mass is 275 g/mol. The SMILES string of the molecule is C=CC(C)(OC)C(CN1CCCCC1)C1=CCCC=C1. The number of hydrogen-bond acceptors (Lipinski definition) is 2. The van der Waals surface area contributed by atoms with E-state index in [2.05, 4.69) is 36.6 Å². The van der Waals surface area contributed by atoms with Crippen LogP contribution in [0.4, 0.5) is 0 Å². The molecule has 0 aromatic heterocycles. The largest absolute Gasteiger partial charge is 0.374 e. The van der Waals surface area contributed by atoms with Crippen molar-refractivity contribution in [3.63, 3.8) is 0 Å². The van der Waals surface area contributed by atoms with Gasteiger partial charge in [-0.25, -0.2) is 0 Å². The Labute approximate surface area is 124 Å². The minimum atomic E-state index is -0.287. The van der Waals surface area contributed by atoms with Crippen molar-refractivity contribution in [2.45, 2.75) is 44.6 Å². The van der Waals surface area contributed by atoms with E-state index in [1.165, 1.54) is 37.9 Å². The van der Waals surface area contributed by atoms with Crippen molar-refractivity contribution in [3.8, 4) is 0 Å². The van der Waals surface area contributed by atoms with Crippen LogP contribution >= 0.6 is 0 Å². The fraction of sp³-hybridized carbons (Fsp3) is 0.667. The minimum absolute atomic E-state index is 0.287. The summed E-state index contributed by atoms with van der Waals surface area (Å²) in [6, 6.07) is 0. The summed E-state index contributed by atoms with van der Waals surface area (Å²) in [4.78, 5) is 2.60. The smallest absolute Gasteiger partial charge is 0.0908 e. The predicted octanol–water partition coefficient (Wildman–Crippen LogP) is 3.96. The van der Waals surface area contributed by atoms with Crippen LogP contribution in [0.25, 0.3) is 0 Å². The number of piperidine rings is 1. The zero-order valence-corrected chi connectivity index (χ0v) is 13.1. The predicted molar refractivity (Wildman–Crippen MR) is 85.8 cm³/mol. The maximum absolute atomic E-state index is 5.82. The molecule has 112 valence electrons. The van der Waals surface area contributed by atoms with Crippen molar-refractivity contribution < 1.29 is 4.74 Å². The van der Waals surface area contributed by atoms with Crippen LogP contribution in [-0.2, 0) is 4.74 Å². The Morgan fingerprint density at radius 1 is 1.35 bits per heavy atom. The Bertz CT molecular complexity index is 379. The van der Waals surface area contributed by atoms with Crippen molar-refractivity contribution in [1.82, 2.24) is 4.90 Å². The van der Waals surface area contributed by atoms with Gasteiger partial charge in [0.05, 0.1) is 5.60 Å². The lowest BCUT2D eigenvalue weighted by molar-refractivity contribution is -0.00262. The van der Waals surface area contributed by atoms with E-state index in [0.717, 1.165) is 19.4 Å². The Hall–Kier alpha value is -0.860. The van der Waals surface area contributed by atoms with Gasteiger partial charge in [0.1, 0.15) is 0 Å². The van der Waals surface area contributed by atoms with Crippen molar-refractivity contribution in [2.75, 3.05) is 26.7 Å². The molecule has 0 N–H and O–H groups in total. The Kier molecular flexibility index (Phi) is 5.62. The zero-order chi connectivity index (χ0) is 14.4. The lowest BCUT2D eigenvalue weighted by Crippen LogP contribution is -2.44. The number of hydrogen-bond donors (Lipinski definition) is 0. The van der Waals surface area contributed by atoms with Crippen LogP contribution < -0.4 is 0 Å². The average molecular weight is 275 g/mol. The van der Waals surface area contributed by atoms with Gasteiger partial charge in [-0.1, -0.05) is 30.7 Å². The molecule has 0 bridgehead atoms. The Morgan fingerprint density at radius 3 is 2.65 bits per heavy atom. The van der Waals surface area contributed by atoms with Crippen LogP contribution in [0.1, 0.15) is 39.0 Å². The van der Waals surface area contributed by atoms with Gasteiger partial charge in [-0.3, -0.25) is 0 Å². The van der Waals surface area contributed by atoms with Crippen molar-refractivity contribution >= 4 is 0 Å². The van der Waals surface area contributed by atoms with Gasteiger partial charge in [0.25, 0.3) is 0 Å². The zero-order valence-electron chi connectivity index (χ0n) is 13.1. The first kappa shape index (κ1) is 15.5. The molecule has 20 heavy (non-hydrogen) atoms. The molecule has 1 heterocycles. The van der Waals surface area contributed by atoms with E-state index in [1.54, 1.807) is 7.11 Å². The third kappa shape index (κ3) is 3.62. The molecule has 2 unspecified atom stereocenters. The van der Waals surface area contributed by atoms with Crippen LogP contribution in [0.3, 0.4) is 0 Å². The fourth-order valence-electron chi connectivity index (χ4n) is 3.28. The number of methoxy groups -OCH3 is 1. The quantitative estimate of drug-likeness (QED) is 0.680. The molecule has 2 heteroatoms. The molecule has 0 radical (unpaired) electrons. The molecule has 0 aromatic rings. The van der Waals surface area contributed by atoms with E-state index in [1.807, 2.05) is 6.08 Å². The summed E-state index contributed by atoms with van der Waals surface area (Å²) in [6.07, 6.45) is 15.3. The highest BCUT2D eigenvalue weighted by Gasteiger charge is 2.35. The van der Waals surface area contributed by atoms with Crippen molar-refractivity contribution in [2.24, 2.45) is 5.92 Å². The highest BCUT2D eigenvalue weighted by molar-refractivity contribution is 5.29. The van der Waals surface area contributed by atoms with E-state index in [4.69, 9.17) is 4.74 Å². The third-order valence-corrected chi connectivity index (χ3v) is 4.85. The summed E-state index contributed by atoms with van der Waals surface area (Å²) in [5.41, 5.74) is 1.14. The highest BCUT2D eigenvalue weighted by atomic mass is 16.5. The first-order chi connectivity index (χ1) is 9.69. The van der Waals surface area contributed by atoms with Gasteiger partial charge in [-0.05, 0) is 51.3 Å². The fourth-order valence-corrected chi connectivity index (χ4v) is 3.28. The normalized spacial score (nSPS) is 24.8. The number of nitrogens with zero attached hydrogens (tertiary/aromatic N) is 1. The van der Waals surface area contributed by atoms with Gasteiger partial charge in [-0.15, -0.1) is 6.58 Å². The maximum atomic E-state index is 5.82. The van der Waals surface area contributed by atoms with E-state index in [9.17, 15) is 0 Å². The van der Waals surface area contributed by atoms with E-state index in [-0.39, 0.29) is 5.60 Å². The molecule has 2 atom stereocenters. The number of ether oxygens (including phenoxy) is 1. The minimum Gasteiger partial charge on any atom is -0.374 e. The number of allylic oxidation sites excluding steroid dienone is 3. The molecule has 0 spiro atoms. The number of likely N-dealkylation sites (tertiary alicyclic amines) is 1. The molecule has 1 aliphatic carbocycles. The van der Waals surface area contributed by atoms with Crippen LogP contribution in [0.2, 0.25) is 0 Å². The molecule has 2 rings (SSSR count). The molecule has 1 saturated heterocycles. The molecule has 0 amide bonds. The first-order valence-corrected chi connectivity index (χ1v) is 7.97. The second-order valence-corrected chi connectivity index (χ2v) is 6.19. The summed E-state index contributed by atoms with van der Waals surface area (Å²) < 4.78 is 5.82. The first-order valence-electron chi connectivity index (χ1n) is 7.97. The number of rotatable bonds is 6. The Balaban J connectivity index is 2.16. The van der Waals surface area contributed by atoms with Gasteiger partial charge in [0, 0.05) is 19.6 Å². The second-order valence-electron chi connectivity index (χ2n) is 6.19. The van der Waals surface area contributed by atoms with Gasteiger partial charge >= 0.3 is 0 Å². The standard InChI is InChI=1S/C18H29NO/c1-4-18(2,20-3)17(16-11-7-5-8-12-16)15-19-13-9-6-10-14-19/h4,7,11-12,17H,1,5-6,8-10,13-15H2,2-3H3. The molecule has 1 fully saturated rings. The molecule has 1 aliphatic heterocycles. The van der Waals surface area contributed by atoms with Gasteiger partial charge in [0.2, 0.25) is 0 Å². The van der Waals surface area contributed by atoms with Crippen molar-refractivity contribution in [3.05, 3.63) is 36.5 Å².